The zero-order valence-electron chi connectivity index (χ0n) is 37.0. The zero-order chi connectivity index (χ0) is 47.5. The minimum atomic E-state index is -0.500. The number of nitrogens with one attached hydrogen (secondary N) is 5. The Labute approximate surface area is 379 Å². The van der Waals surface area contributed by atoms with Crippen LogP contribution in [0.1, 0.15) is 73.6 Å². The number of hydrogen-bond acceptors (Lipinski definition) is 17. The Balaban J connectivity index is 0.000000166. The second kappa shape index (κ2) is 18.4. The van der Waals surface area contributed by atoms with Crippen LogP contribution in [-0.2, 0) is 28.2 Å². The molecule has 0 fully saturated rings. The number of fused-ring (bicyclic) bond motifs is 4. The number of ether oxygens (including phenoxy) is 2. The molecule has 0 radical (unpaired) electrons. The molecule has 67 heavy (non-hydrogen) atoms. The van der Waals surface area contributed by atoms with Crippen molar-refractivity contribution in [3.63, 3.8) is 0 Å². The monoisotopic (exact) mass is 912 g/mol. The molecule has 0 aliphatic carbocycles. The van der Waals surface area contributed by atoms with Crippen LogP contribution in [0.25, 0.3) is 34.3 Å². The fourth-order valence-electron chi connectivity index (χ4n) is 6.27. The van der Waals surface area contributed by atoms with Crippen LogP contribution >= 0.6 is 0 Å². The van der Waals surface area contributed by atoms with E-state index in [0.717, 1.165) is 11.1 Å². The summed E-state index contributed by atoms with van der Waals surface area (Å²) in [7, 11) is 0. The third-order valence-corrected chi connectivity index (χ3v) is 9.26. The smallest absolute Gasteiger partial charge is 0.270 e. The number of aromatic amines is 1. The lowest BCUT2D eigenvalue weighted by Crippen LogP contribution is -2.26. The van der Waals surface area contributed by atoms with Crippen molar-refractivity contribution in [2.24, 2.45) is 0 Å². The summed E-state index contributed by atoms with van der Waals surface area (Å²) in [6, 6.07) is 17.2. The lowest BCUT2D eigenvalue weighted by molar-refractivity contribution is -0.119. The van der Waals surface area contributed by atoms with E-state index >= 15 is 0 Å². The Kier molecular flexibility index (Phi) is 12.3. The molecule has 4 amide bonds. The number of aromatic nitrogens is 14. The predicted molar refractivity (Wildman–Crippen MR) is 236 cm³/mol. The Morgan fingerprint density at radius 2 is 1.19 bits per heavy atom. The first-order valence-electron chi connectivity index (χ1n) is 20.6. The number of benzene rings is 2. The van der Waals surface area contributed by atoms with Gasteiger partial charge in [0.1, 0.15) is 34.3 Å². The Morgan fingerprint density at radius 1 is 0.701 bits per heavy atom. The normalized spacial score (nSPS) is 13.1. The number of tetrazole rings is 2. The molecular weight excluding hydrogens is 869 g/mol. The lowest BCUT2D eigenvalue weighted by Gasteiger charge is -2.18. The van der Waals surface area contributed by atoms with E-state index in [0.29, 0.717) is 57.2 Å². The molecule has 344 valence electrons. The summed E-state index contributed by atoms with van der Waals surface area (Å²) in [5.74, 6) is 0.631. The number of rotatable bonds is 8. The molecule has 8 heterocycles. The molecule has 8 aromatic rings. The second-order valence-electron chi connectivity index (χ2n) is 16.9. The number of nitrogens with zero attached hydrogens (tertiary/aromatic N) is 13. The molecule has 0 saturated carbocycles. The molecule has 25 heteroatoms. The highest BCUT2D eigenvalue weighted by Gasteiger charge is 2.23. The lowest BCUT2D eigenvalue weighted by atomic mass is 10.1. The third kappa shape index (κ3) is 10.8. The van der Waals surface area contributed by atoms with Gasteiger partial charge in [0.25, 0.3) is 23.6 Å². The summed E-state index contributed by atoms with van der Waals surface area (Å²) in [5.41, 5.74) is 4.22. The maximum Gasteiger partial charge on any atom is 0.270 e. The first-order chi connectivity index (χ1) is 31.9. The van der Waals surface area contributed by atoms with Crippen LogP contribution in [0.15, 0.2) is 73.1 Å². The molecule has 0 spiro atoms. The summed E-state index contributed by atoms with van der Waals surface area (Å²) in [4.78, 5) is 58.8. The van der Waals surface area contributed by atoms with Gasteiger partial charge in [-0.3, -0.25) is 19.2 Å². The van der Waals surface area contributed by atoms with Gasteiger partial charge >= 0.3 is 0 Å². The second-order valence-corrected chi connectivity index (χ2v) is 16.9. The van der Waals surface area contributed by atoms with Crippen LogP contribution < -0.4 is 30.7 Å². The van der Waals surface area contributed by atoms with Gasteiger partial charge in [-0.2, -0.15) is 20.2 Å². The van der Waals surface area contributed by atoms with E-state index in [4.69, 9.17) is 14.6 Å². The molecule has 6 N–H and O–H groups in total. The number of carbonyl (C=O) groups is 4. The minimum absolute atomic E-state index is 0.00542. The summed E-state index contributed by atoms with van der Waals surface area (Å²) in [6.45, 7) is 11.6. The first kappa shape index (κ1) is 44.9. The number of amides is 4. The minimum Gasteiger partial charge on any atom is -0.482 e. The standard InChI is InChI=1S/C21H21N9O3.C17H13N9O3.C4H10O/c1-21(2,3)30-27-19(26-28-30)15-9-14(24-17-6-7-23-29(15)17)20(32)22-10-12-4-5-16-13(8-12)25-18(31)11-33-16;27-15-8-29-13-2-1-9(5-10(13)21-15)7-18-17(28)11-6-12(16-22-24-25-23-16)26-14(20-11)3-4-19-26;1-4(2,3)5/h4-9H,10-11H2,1-3H3,(H,22,32)(H,25,31);1-6H,7-8H2,(H,18,28)(H,21,27)(H,22,23,24,25);5H,1-3H3. The molecule has 0 unspecified atom stereocenters. The summed E-state index contributed by atoms with van der Waals surface area (Å²) in [6.07, 6.45) is 3.16. The van der Waals surface area contributed by atoms with Crippen LogP contribution in [0.4, 0.5) is 11.4 Å². The Hall–Kier alpha value is -8.74. The molecular formula is C42H44N18O7. The van der Waals surface area contributed by atoms with Crippen LogP contribution in [0.3, 0.4) is 0 Å². The highest BCUT2D eigenvalue weighted by Crippen LogP contribution is 2.30. The van der Waals surface area contributed by atoms with Crippen molar-refractivity contribution in [3.05, 3.63) is 95.6 Å². The molecule has 2 aliphatic rings. The van der Waals surface area contributed by atoms with Crippen LogP contribution in [-0.4, -0.2) is 118 Å². The largest absolute Gasteiger partial charge is 0.482 e. The van der Waals surface area contributed by atoms with Crippen molar-refractivity contribution in [2.75, 3.05) is 23.8 Å². The maximum atomic E-state index is 12.9. The van der Waals surface area contributed by atoms with Crippen molar-refractivity contribution in [2.45, 2.75) is 65.8 Å². The van der Waals surface area contributed by atoms with E-state index in [2.05, 4.69) is 77.5 Å². The van der Waals surface area contributed by atoms with Crippen molar-refractivity contribution < 1.29 is 33.8 Å². The predicted octanol–water partition coefficient (Wildman–Crippen LogP) is 2.35. The van der Waals surface area contributed by atoms with E-state index in [1.54, 1.807) is 86.2 Å². The van der Waals surface area contributed by atoms with Gasteiger partial charge in [-0.1, -0.05) is 12.1 Å². The van der Waals surface area contributed by atoms with E-state index in [1.165, 1.54) is 9.31 Å². The number of H-pyrrole nitrogens is 1. The molecule has 2 aromatic carbocycles. The summed E-state index contributed by atoms with van der Waals surface area (Å²) < 4.78 is 13.8. The van der Waals surface area contributed by atoms with Gasteiger partial charge in [0.05, 0.1) is 34.9 Å². The van der Waals surface area contributed by atoms with Gasteiger partial charge in [0, 0.05) is 25.2 Å². The quantitative estimate of drug-likeness (QED) is 0.127. The molecule has 2 aliphatic heterocycles. The van der Waals surface area contributed by atoms with Gasteiger partial charge in [-0.15, -0.1) is 20.4 Å². The van der Waals surface area contributed by atoms with Gasteiger partial charge < -0.3 is 35.8 Å². The summed E-state index contributed by atoms with van der Waals surface area (Å²) >= 11 is 0. The third-order valence-electron chi connectivity index (χ3n) is 9.26. The molecule has 0 bridgehead atoms. The van der Waals surface area contributed by atoms with Gasteiger partial charge in [0.2, 0.25) is 11.6 Å². The van der Waals surface area contributed by atoms with Crippen LogP contribution in [0.5, 0.6) is 11.5 Å². The van der Waals surface area contributed by atoms with Crippen LogP contribution in [0.2, 0.25) is 0 Å². The van der Waals surface area contributed by atoms with Crippen molar-refractivity contribution in [3.8, 4) is 34.5 Å². The van der Waals surface area contributed by atoms with E-state index in [9.17, 15) is 19.2 Å². The Bertz CT molecular complexity index is 3120. The average Bonchev–Trinajstić information content (AvgIpc) is 4.14. The van der Waals surface area contributed by atoms with Crippen molar-refractivity contribution >= 4 is 46.3 Å². The summed E-state index contributed by atoms with van der Waals surface area (Å²) in [5, 5.41) is 54.6. The Morgan fingerprint density at radius 3 is 1.64 bits per heavy atom. The van der Waals surface area contributed by atoms with Gasteiger partial charge in [-0.05, 0) is 99.5 Å². The number of hydrogen-bond donors (Lipinski definition) is 6. The molecule has 10 rings (SSSR count). The molecule has 0 atom stereocenters. The average molecular weight is 913 g/mol. The number of aliphatic hydroxyl groups is 1. The first-order valence-corrected chi connectivity index (χ1v) is 20.6. The van der Waals surface area contributed by atoms with E-state index in [-0.39, 0.29) is 66.9 Å². The highest BCUT2D eigenvalue weighted by molar-refractivity contribution is 5.97. The molecule has 25 nitrogen and oxygen atoms in total. The van der Waals surface area contributed by atoms with Gasteiger partial charge in [-0.25, -0.2) is 19.0 Å². The fourth-order valence-corrected chi connectivity index (χ4v) is 6.27. The number of anilines is 2. The van der Waals surface area contributed by atoms with Crippen LogP contribution in [0, 0.1) is 0 Å². The topological polar surface area (TPSA) is 314 Å². The molecule has 0 saturated heterocycles. The van der Waals surface area contributed by atoms with E-state index in [1.807, 2.05) is 32.9 Å². The number of carbonyl (C=O) groups excluding carboxylic acids is 4. The fraction of sp³-hybridized carbons (Fsp3) is 0.286. The SMILES string of the molecule is CC(C)(C)O.CC(C)(C)n1nnc(-c2cc(C(=O)NCc3ccc4c(c3)NC(=O)CO4)nc3ccnn23)n1.O=C1COc2ccc(CNC(=O)c3cc(-c4nn[nH]n4)n4nccc4n3)cc2N1. The van der Waals surface area contributed by atoms with Crippen molar-refractivity contribution in [1.29, 1.82) is 0 Å². The van der Waals surface area contributed by atoms with E-state index < -0.39 is 5.60 Å². The van der Waals surface area contributed by atoms with Gasteiger partial charge in [0.15, 0.2) is 24.5 Å². The highest BCUT2D eigenvalue weighted by atomic mass is 16.5. The maximum absolute atomic E-state index is 12.9. The van der Waals surface area contributed by atoms with Crippen molar-refractivity contribution in [1.82, 2.24) is 80.7 Å². The molecule has 6 aromatic heterocycles. The zero-order valence-corrected chi connectivity index (χ0v) is 37.0.